The molecular weight excluding hydrogens is 264 g/mol. The van der Waals surface area contributed by atoms with Gasteiger partial charge in [-0.3, -0.25) is 4.79 Å². The van der Waals surface area contributed by atoms with Gasteiger partial charge in [0.1, 0.15) is 0 Å². The third kappa shape index (κ3) is 4.33. The summed E-state index contributed by atoms with van der Waals surface area (Å²) in [5, 5.41) is 0. The molecule has 0 spiro atoms. The molecule has 1 heterocycles. The van der Waals surface area contributed by atoms with Gasteiger partial charge in [-0.1, -0.05) is 12.1 Å². The average molecular weight is 288 g/mol. The molecule has 1 aromatic carbocycles. The SMILES string of the molecule is CC1(C)CN(C(=O)/C=C/c2cccc(N)c2)CC(C)(C)O1. The van der Waals surface area contributed by atoms with Gasteiger partial charge in [-0.15, -0.1) is 0 Å². The lowest BCUT2D eigenvalue weighted by molar-refractivity contribution is -0.185. The fourth-order valence-corrected chi connectivity index (χ4v) is 2.88. The molecule has 1 fully saturated rings. The fraction of sp³-hybridized carbons (Fsp3) is 0.471. The van der Waals surface area contributed by atoms with E-state index < -0.39 is 0 Å². The van der Waals surface area contributed by atoms with Crippen LogP contribution in [0.1, 0.15) is 33.3 Å². The molecule has 2 N–H and O–H groups in total. The van der Waals surface area contributed by atoms with Crippen molar-refractivity contribution in [3.05, 3.63) is 35.9 Å². The lowest BCUT2D eigenvalue weighted by Crippen LogP contribution is -2.58. The smallest absolute Gasteiger partial charge is 0.246 e. The minimum Gasteiger partial charge on any atom is -0.399 e. The molecule has 0 bridgehead atoms. The van der Waals surface area contributed by atoms with Crippen molar-refractivity contribution in [2.75, 3.05) is 18.8 Å². The number of ether oxygens (including phenoxy) is 1. The third-order valence-corrected chi connectivity index (χ3v) is 3.34. The number of nitrogen functional groups attached to an aromatic ring is 1. The molecule has 114 valence electrons. The van der Waals surface area contributed by atoms with Crippen molar-refractivity contribution in [1.82, 2.24) is 4.90 Å². The van der Waals surface area contributed by atoms with Crippen LogP contribution in [0.2, 0.25) is 0 Å². The van der Waals surface area contributed by atoms with Crippen LogP contribution in [0.15, 0.2) is 30.3 Å². The summed E-state index contributed by atoms with van der Waals surface area (Å²) in [6.45, 7) is 9.23. The normalized spacial score (nSPS) is 20.7. The van der Waals surface area contributed by atoms with E-state index in [2.05, 4.69) is 0 Å². The molecule has 1 amide bonds. The molecule has 1 aliphatic rings. The number of anilines is 1. The summed E-state index contributed by atoms with van der Waals surface area (Å²) in [5.41, 5.74) is 6.69. The van der Waals surface area contributed by atoms with Crippen LogP contribution in [-0.4, -0.2) is 35.1 Å². The molecule has 0 saturated carbocycles. The molecule has 0 aromatic heterocycles. The Morgan fingerprint density at radius 2 is 1.86 bits per heavy atom. The van der Waals surface area contributed by atoms with E-state index in [1.54, 1.807) is 12.2 Å². The molecule has 2 rings (SSSR count). The zero-order valence-corrected chi connectivity index (χ0v) is 13.2. The van der Waals surface area contributed by atoms with Gasteiger partial charge >= 0.3 is 0 Å². The van der Waals surface area contributed by atoms with Crippen molar-refractivity contribution >= 4 is 17.7 Å². The van der Waals surface area contributed by atoms with Crippen LogP contribution in [0, 0.1) is 0 Å². The van der Waals surface area contributed by atoms with Crippen LogP contribution in [0.3, 0.4) is 0 Å². The highest BCUT2D eigenvalue weighted by atomic mass is 16.5. The van der Waals surface area contributed by atoms with Crippen LogP contribution in [0.4, 0.5) is 5.69 Å². The highest BCUT2D eigenvalue weighted by Gasteiger charge is 2.39. The zero-order chi connectivity index (χ0) is 15.7. The summed E-state index contributed by atoms with van der Waals surface area (Å²) < 4.78 is 5.99. The Balaban J connectivity index is 2.09. The average Bonchev–Trinajstić information content (AvgIpc) is 2.32. The van der Waals surface area contributed by atoms with Gasteiger partial charge in [0.2, 0.25) is 5.91 Å². The van der Waals surface area contributed by atoms with Crippen LogP contribution < -0.4 is 5.73 Å². The van der Waals surface area contributed by atoms with E-state index >= 15 is 0 Å². The minimum absolute atomic E-state index is 0.00174. The Labute approximate surface area is 126 Å². The molecular formula is C17H24N2O2. The first kappa shape index (κ1) is 15.6. The van der Waals surface area contributed by atoms with Gasteiger partial charge in [0.25, 0.3) is 0 Å². The van der Waals surface area contributed by atoms with Crippen molar-refractivity contribution in [3.8, 4) is 0 Å². The zero-order valence-electron chi connectivity index (χ0n) is 13.2. The van der Waals surface area contributed by atoms with E-state index in [1.165, 1.54) is 0 Å². The molecule has 4 nitrogen and oxygen atoms in total. The van der Waals surface area contributed by atoms with E-state index in [0.29, 0.717) is 18.8 Å². The number of hydrogen-bond acceptors (Lipinski definition) is 3. The largest absolute Gasteiger partial charge is 0.399 e. The number of carbonyl (C=O) groups excluding carboxylic acids is 1. The Morgan fingerprint density at radius 1 is 1.24 bits per heavy atom. The highest BCUT2D eigenvalue weighted by molar-refractivity contribution is 5.92. The number of benzene rings is 1. The molecule has 0 unspecified atom stereocenters. The van der Waals surface area contributed by atoms with E-state index in [-0.39, 0.29) is 17.1 Å². The molecule has 0 atom stereocenters. The van der Waals surface area contributed by atoms with Crippen LogP contribution in [-0.2, 0) is 9.53 Å². The van der Waals surface area contributed by atoms with Gasteiger partial charge in [0.15, 0.2) is 0 Å². The van der Waals surface area contributed by atoms with E-state index in [4.69, 9.17) is 10.5 Å². The van der Waals surface area contributed by atoms with Crippen LogP contribution >= 0.6 is 0 Å². The first-order valence-electron chi connectivity index (χ1n) is 7.20. The number of rotatable bonds is 2. The van der Waals surface area contributed by atoms with Crippen LogP contribution in [0.25, 0.3) is 6.08 Å². The first-order valence-corrected chi connectivity index (χ1v) is 7.20. The maximum Gasteiger partial charge on any atom is 0.246 e. The quantitative estimate of drug-likeness (QED) is 0.672. The number of carbonyl (C=O) groups is 1. The highest BCUT2D eigenvalue weighted by Crippen LogP contribution is 2.28. The summed E-state index contributed by atoms with van der Waals surface area (Å²) in [6.07, 6.45) is 3.40. The Bertz CT molecular complexity index is 546. The van der Waals surface area contributed by atoms with E-state index in [0.717, 1.165) is 5.56 Å². The summed E-state index contributed by atoms with van der Waals surface area (Å²) >= 11 is 0. The number of nitrogens with two attached hydrogens (primary N) is 1. The summed E-state index contributed by atoms with van der Waals surface area (Å²) in [7, 11) is 0. The van der Waals surface area contributed by atoms with Crippen molar-refractivity contribution in [1.29, 1.82) is 0 Å². The second-order valence-corrected chi connectivity index (χ2v) is 6.82. The van der Waals surface area contributed by atoms with E-state index in [9.17, 15) is 4.79 Å². The second-order valence-electron chi connectivity index (χ2n) is 6.82. The van der Waals surface area contributed by atoms with Gasteiger partial charge in [-0.2, -0.15) is 0 Å². The molecule has 4 heteroatoms. The minimum atomic E-state index is -0.331. The molecule has 0 aliphatic carbocycles. The van der Waals surface area contributed by atoms with Crippen LogP contribution in [0.5, 0.6) is 0 Å². The standard InChI is InChI=1S/C17H24N2O2/c1-16(2)11-19(12-17(3,4)21-16)15(20)9-8-13-6-5-7-14(18)10-13/h5-10H,11-12,18H2,1-4H3/b9-8+. The fourth-order valence-electron chi connectivity index (χ4n) is 2.88. The monoisotopic (exact) mass is 288 g/mol. The van der Waals surface area contributed by atoms with Gasteiger partial charge in [0, 0.05) is 24.9 Å². The Morgan fingerprint density at radius 3 is 2.43 bits per heavy atom. The summed E-state index contributed by atoms with van der Waals surface area (Å²) in [6, 6.07) is 7.47. The second kappa shape index (κ2) is 5.53. The van der Waals surface area contributed by atoms with Crippen molar-refractivity contribution < 1.29 is 9.53 Å². The summed E-state index contributed by atoms with van der Waals surface area (Å²) in [4.78, 5) is 14.2. The molecule has 21 heavy (non-hydrogen) atoms. The maximum absolute atomic E-state index is 12.4. The van der Waals surface area contributed by atoms with Crippen molar-refractivity contribution in [3.63, 3.8) is 0 Å². The lowest BCUT2D eigenvalue weighted by atomic mass is 9.99. The van der Waals surface area contributed by atoms with Gasteiger partial charge in [0.05, 0.1) is 11.2 Å². The van der Waals surface area contributed by atoms with Gasteiger partial charge < -0.3 is 15.4 Å². The number of amides is 1. The first-order chi connectivity index (χ1) is 9.67. The molecule has 1 aliphatic heterocycles. The number of nitrogens with zero attached hydrogens (tertiary/aromatic N) is 1. The molecule has 1 aromatic rings. The van der Waals surface area contributed by atoms with Gasteiger partial charge in [-0.05, 0) is 51.5 Å². The predicted molar refractivity (Wildman–Crippen MR) is 85.7 cm³/mol. The van der Waals surface area contributed by atoms with Gasteiger partial charge in [-0.25, -0.2) is 0 Å². The summed E-state index contributed by atoms with van der Waals surface area (Å²) in [5.74, 6) is 0.00174. The van der Waals surface area contributed by atoms with E-state index in [1.807, 2.05) is 56.9 Å². The molecule has 1 saturated heterocycles. The number of morpholine rings is 1. The van der Waals surface area contributed by atoms with Crippen molar-refractivity contribution in [2.45, 2.75) is 38.9 Å². The van der Waals surface area contributed by atoms with Crippen molar-refractivity contribution in [2.24, 2.45) is 0 Å². The lowest BCUT2D eigenvalue weighted by Gasteiger charge is -2.46. The topological polar surface area (TPSA) is 55.6 Å². The number of hydrogen-bond donors (Lipinski definition) is 1. The maximum atomic E-state index is 12.4. The molecule has 0 radical (unpaired) electrons. The Hall–Kier alpha value is -1.81. The third-order valence-electron chi connectivity index (χ3n) is 3.34. The Kier molecular flexibility index (Phi) is 4.10. The predicted octanol–water partition coefficient (Wildman–Crippen LogP) is 2.70.